The zero-order valence-electron chi connectivity index (χ0n) is 7.53. The summed E-state index contributed by atoms with van der Waals surface area (Å²) in [6, 6.07) is 0. The van der Waals surface area contributed by atoms with Crippen LogP contribution in [-0.4, -0.2) is 16.4 Å². The van der Waals surface area contributed by atoms with Gasteiger partial charge in [0.05, 0.1) is 15.9 Å². The maximum Gasteiger partial charge on any atom is 0.138 e. The van der Waals surface area contributed by atoms with Crippen molar-refractivity contribution in [1.82, 2.24) is 4.98 Å². The van der Waals surface area contributed by atoms with E-state index in [1.807, 2.05) is 20.8 Å². The van der Waals surface area contributed by atoms with Crippen molar-refractivity contribution in [3.05, 3.63) is 16.6 Å². The number of rotatable bonds is 1. The summed E-state index contributed by atoms with van der Waals surface area (Å²) in [7, 11) is 0. The Kier molecular flexibility index (Phi) is 2.47. The minimum absolute atomic E-state index is 0.117. The highest BCUT2D eigenvalue weighted by Gasteiger charge is 2.09. The molecule has 0 aliphatic rings. The van der Waals surface area contributed by atoms with E-state index in [1.54, 1.807) is 11.7 Å². The summed E-state index contributed by atoms with van der Waals surface area (Å²) in [5.41, 5.74) is 7.38. The quantitative estimate of drug-likeness (QED) is 0.531. The third kappa shape index (κ3) is 2.62. The van der Waals surface area contributed by atoms with Gasteiger partial charge in [-0.1, -0.05) is 0 Å². The summed E-state index contributed by atoms with van der Waals surface area (Å²) < 4.78 is 0. The van der Waals surface area contributed by atoms with E-state index in [-0.39, 0.29) is 5.54 Å². The summed E-state index contributed by atoms with van der Waals surface area (Å²) in [6.45, 7) is 6.04. The lowest BCUT2D eigenvalue weighted by Gasteiger charge is -2.12. The van der Waals surface area contributed by atoms with Crippen LogP contribution in [0.25, 0.3) is 0 Å². The van der Waals surface area contributed by atoms with Crippen LogP contribution in [0.1, 0.15) is 25.6 Å². The Hall–Kier alpha value is -0.900. The van der Waals surface area contributed by atoms with Gasteiger partial charge in [-0.25, -0.2) is 0 Å². The lowest BCUT2D eigenvalue weighted by Crippen LogP contribution is -2.20. The van der Waals surface area contributed by atoms with Gasteiger partial charge in [-0.05, 0) is 20.8 Å². The fraction of sp³-hybridized carbons (Fsp3) is 0.500. The van der Waals surface area contributed by atoms with Crippen molar-refractivity contribution in [2.24, 2.45) is 10.7 Å². The van der Waals surface area contributed by atoms with Crippen molar-refractivity contribution in [2.45, 2.75) is 26.3 Å². The maximum absolute atomic E-state index is 5.75. The summed E-state index contributed by atoms with van der Waals surface area (Å²) in [5, 5.41) is 0. The zero-order valence-corrected chi connectivity index (χ0v) is 8.35. The molecule has 3 nitrogen and oxygen atoms in total. The molecule has 1 aromatic rings. The smallest absolute Gasteiger partial charge is 0.138 e. The van der Waals surface area contributed by atoms with Gasteiger partial charge in [-0.15, -0.1) is 11.3 Å². The van der Waals surface area contributed by atoms with Crippen LogP contribution in [0.3, 0.4) is 0 Å². The molecule has 1 rings (SSSR count). The highest BCUT2D eigenvalue weighted by atomic mass is 32.1. The number of thiazole rings is 1. The number of nitrogens with two attached hydrogens (primary N) is 1. The number of hydrogen-bond acceptors (Lipinski definition) is 3. The molecule has 0 radical (unpaired) electrons. The molecule has 0 saturated carbocycles. The molecule has 12 heavy (non-hydrogen) atoms. The zero-order chi connectivity index (χ0) is 9.19. The van der Waals surface area contributed by atoms with Gasteiger partial charge >= 0.3 is 0 Å². The second-order valence-corrected chi connectivity index (χ2v) is 4.42. The van der Waals surface area contributed by atoms with E-state index in [2.05, 4.69) is 9.98 Å². The Morgan fingerprint density at radius 3 is 2.67 bits per heavy atom. The van der Waals surface area contributed by atoms with Gasteiger partial charge in [0.1, 0.15) is 5.84 Å². The van der Waals surface area contributed by atoms with Crippen molar-refractivity contribution in [3.8, 4) is 0 Å². The Bertz CT molecular complexity index is 269. The van der Waals surface area contributed by atoms with Gasteiger partial charge in [-0.3, -0.25) is 9.98 Å². The Labute approximate surface area is 76.4 Å². The third-order valence-electron chi connectivity index (χ3n) is 1.14. The minimum Gasteiger partial charge on any atom is -0.383 e. The lowest BCUT2D eigenvalue weighted by atomic mass is 10.1. The van der Waals surface area contributed by atoms with E-state index in [0.717, 1.165) is 4.88 Å². The molecule has 0 saturated heterocycles. The largest absolute Gasteiger partial charge is 0.383 e. The van der Waals surface area contributed by atoms with Crippen molar-refractivity contribution >= 4 is 17.2 Å². The average molecular weight is 183 g/mol. The monoisotopic (exact) mass is 183 g/mol. The molecule has 0 atom stereocenters. The highest BCUT2D eigenvalue weighted by Crippen LogP contribution is 2.10. The Morgan fingerprint density at radius 1 is 1.58 bits per heavy atom. The molecule has 0 spiro atoms. The fourth-order valence-electron chi connectivity index (χ4n) is 0.759. The molecular weight excluding hydrogens is 170 g/mol. The van der Waals surface area contributed by atoms with E-state index >= 15 is 0 Å². The van der Waals surface area contributed by atoms with Crippen molar-refractivity contribution in [2.75, 3.05) is 0 Å². The van der Waals surface area contributed by atoms with Crippen LogP contribution in [0.15, 0.2) is 16.7 Å². The SMILES string of the molecule is CC(C)(C)N=C(N)c1cncs1. The molecule has 1 heterocycles. The van der Waals surface area contributed by atoms with Gasteiger partial charge in [-0.2, -0.15) is 0 Å². The summed E-state index contributed by atoms with van der Waals surface area (Å²) in [4.78, 5) is 9.18. The second kappa shape index (κ2) is 3.23. The molecule has 66 valence electrons. The topological polar surface area (TPSA) is 51.3 Å². The van der Waals surface area contributed by atoms with E-state index in [0.29, 0.717) is 5.84 Å². The van der Waals surface area contributed by atoms with E-state index in [1.165, 1.54) is 11.3 Å². The molecule has 1 aromatic heterocycles. The van der Waals surface area contributed by atoms with Gasteiger partial charge < -0.3 is 5.73 Å². The van der Waals surface area contributed by atoms with Crippen LogP contribution < -0.4 is 5.73 Å². The normalized spacial score (nSPS) is 13.4. The molecule has 2 N–H and O–H groups in total. The lowest BCUT2D eigenvalue weighted by molar-refractivity contribution is 0.583. The number of aromatic nitrogens is 1. The van der Waals surface area contributed by atoms with Gasteiger partial charge in [0.25, 0.3) is 0 Å². The first-order chi connectivity index (χ1) is 5.49. The van der Waals surface area contributed by atoms with Crippen LogP contribution in [0.4, 0.5) is 0 Å². The van der Waals surface area contributed by atoms with E-state index < -0.39 is 0 Å². The summed E-state index contributed by atoms with van der Waals surface area (Å²) >= 11 is 1.50. The Balaban J connectivity index is 2.85. The predicted molar refractivity (Wildman–Crippen MR) is 52.6 cm³/mol. The third-order valence-corrected chi connectivity index (χ3v) is 1.94. The number of aliphatic imine (C=N–C) groups is 1. The molecule has 0 bridgehead atoms. The van der Waals surface area contributed by atoms with Crippen molar-refractivity contribution in [3.63, 3.8) is 0 Å². The van der Waals surface area contributed by atoms with Crippen molar-refractivity contribution < 1.29 is 0 Å². The summed E-state index contributed by atoms with van der Waals surface area (Å²) in [5.74, 6) is 0.574. The maximum atomic E-state index is 5.75. The Morgan fingerprint density at radius 2 is 2.25 bits per heavy atom. The second-order valence-electron chi connectivity index (χ2n) is 3.53. The average Bonchev–Trinajstić information content (AvgIpc) is 2.32. The predicted octanol–water partition coefficient (Wildman–Crippen LogP) is 1.65. The molecule has 0 aliphatic heterocycles. The molecule has 0 unspecified atom stereocenters. The summed E-state index contributed by atoms with van der Waals surface area (Å²) in [6.07, 6.45) is 1.73. The van der Waals surface area contributed by atoms with Crippen LogP contribution in [-0.2, 0) is 0 Å². The molecule has 0 aromatic carbocycles. The van der Waals surface area contributed by atoms with E-state index in [4.69, 9.17) is 5.73 Å². The molecule has 4 heteroatoms. The molecule has 0 amide bonds. The first-order valence-electron chi connectivity index (χ1n) is 3.73. The molecular formula is C8H13N3S. The minimum atomic E-state index is -0.117. The van der Waals surface area contributed by atoms with Gasteiger partial charge in [0.15, 0.2) is 0 Å². The van der Waals surface area contributed by atoms with Crippen LogP contribution in [0.5, 0.6) is 0 Å². The first-order valence-corrected chi connectivity index (χ1v) is 4.61. The molecule has 0 fully saturated rings. The number of nitrogens with zero attached hydrogens (tertiary/aromatic N) is 2. The van der Waals surface area contributed by atoms with Crippen molar-refractivity contribution in [1.29, 1.82) is 0 Å². The number of hydrogen-bond donors (Lipinski definition) is 1. The van der Waals surface area contributed by atoms with E-state index in [9.17, 15) is 0 Å². The first kappa shape index (κ1) is 9.19. The van der Waals surface area contributed by atoms with Crippen LogP contribution in [0.2, 0.25) is 0 Å². The van der Waals surface area contributed by atoms with Crippen LogP contribution >= 0.6 is 11.3 Å². The van der Waals surface area contributed by atoms with Crippen LogP contribution in [0, 0.1) is 0 Å². The highest BCUT2D eigenvalue weighted by molar-refractivity contribution is 7.11. The van der Waals surface area contributed by atoms with Gasteiger partial charge in [0.2, 0.25) is 0 Å². The van der Waals surface area contributed by atoms with Gasteiger partial charge in [0, 0.05) is 6.20 Å². The molecule has 0 aliphatic carbocycles. The standard InChI is InChI=1S/C8H13N3S/c1-8(2,3)11-7(9)6-4-10-5-12-6/h4-5H,1-3H3,(H2,9,11). The number of amidine groups is 1. The fourth-order valence-corrected chi connectivity index (χ4v) is 1.28.